The molecule has 0 amide bonds. The second-order valence-electron chi connectivity index (χ2n) is 3.97. The summed E-state index contributed by atoms with van der Waals surface area (Å²) in [6.45, 7) is 4.73. The van der Waals surface area contributed by atoms with Crippen LogP contribution in [0.1, 0.15) is 31.4 Å². The van der Waals surface area contributed by atoms with Crippen molar-refractivity contribution >= 4 is 0 Å². The van der Waals surface area contributed by atoms with Crippen LogP contribution in [0.3, 0.4) is 0 Å². The maximum absolute atomic E-state index is 10.4. The average Bonchev–Trinajstić information content (AvgIpc) is 2.29. The summed E-state index contributed by atoms with van der Waals surface area (Å²) in [5, 5.41) is 13.4. The lowest BCUT2D eigenvalue weighted by molar-refractivity contribution is 0.0346. The molecule has 1 unspecified atom stereocenters. The third kappa shape index (κ3) is 2.80. The van der Waals surface area contributed by atoms with Gasteiger partial charge in [0.25, 0.3) is 0 Å². The Hall–Kier alpha value is -0.860. The average molecular weight is 207 g/mol. The van der Waals surface area contributed by atoms with Crippen LogP contribution >= 0.6 is 0 Å². The molecule has 84 valence electrons. The second kappa shape index (κ2) is 5.29. The molecule has 0 heterocycles. The molecule has 1 rings (SSSR count). The van der Waals surface area contributed by atoms with Crippen molar-refractivity contribution in [3.8, 4) is 0 Å². The lowest BCUT2D eigenvalue weighted by atomic mass is 9.90. The Morgan fingerprint density at radius 3 is 2.20 bits per heavy atom. The van der Waals surface area contributed by atoms with Crippen molar-refractivity contribution in [2.75, 3.05) is 13.6 Å². The number of nitrogens with one attached hydrogen (secondary N) is 1. The van der Waals surface area contributed by atoms with E-state index in [0.717, 1.165) is 18.4 Å². The Kier molecular flexibility index (Phi) is 4.30. The molecule has 1 atom stereocenters. The van der Waals surface area contributed by atoms with E-state index < -0.39 is 5.60 Å². The molecule has 0 aliphatic rings. The zero-order chi connectivity index (χ0) is 11.3. The molecule has 0 saturated heterocycles. The number of aryl methyl sites for hydroxylation is 1. The van der Waals surface area contributed by atoms with Gasteiger partial charge in [-0.05, 0) is 31.0 Å². The summed E-state index contributed by atoms with van der Waals surface area (Å²) < 4.78 is 0. The first kappa shape index (κ1) is 12.2. The van der Waals surface area contributed by atoms with E-state index in [4.69, 9.17) is 0 Å². The molecular weight excluding hydrogens is 186 g/mol. The van der Waals surface area contributed by atoms with Crippen molar-refractivity contribution in [2.24, 2.45) is 0 Å². The lowest BCUT2D eigenvalue weighted by Crippen LogP contribution is -2.35. The van der Waals surface area contributed by atoms with Crippen LogP contribution in [0.4, 0.5) is 0 Å². The van der Waals surface area contributed by atoms with Gasteiger partial charge in [0.2, 0.25) is 0 Å². The third-order valence-electron chi connectivity index (χ3n) is 2.95. The minimum atomic E-state index is -0.735. The smallest absolute Gasteiger partial charge is 0.102 e. The number of benzene rings is 1. The first-order chi connectivity index (χ1) is 7.16. The standard InChI is InChI=1S/C13H21NO/c1-4-11-6-8-12(9-7-11)13(15,5-2)10-14-3/h6-9,14-15H,4-5,10H2,1-3H3. The Bertz CT molecular complexity index is 294. The number of likely N-dealkylation sites (N-methyl/N-ethyl adjacent to an activating group) is 1. The highest BCUT2D eigenvalue weighted by Gasteiger charge is 2.25. The van der Waals surface area contributed by atoms with E-state index in [1.54, 1.807) is 0 Å². The van der Waals surface area contributed by atoms with Crippen molar-refractivity contribution < 1.29 is 5.11 Å². The predicted octanol–water partition coefficient (Wildman–Crippen LogP) is 2.07. The summed E-state index contributed by atoms with van der Waals surface area (Å²) in [4.78, 5) is 0. The summed E-state index contributed by atoms with van der Waals surface area (Å²) in [5.74, 6) is 0. The maximum atomic E-state index is 10.4. The van der Waals surface area contributed by atoms with E-state index in [-0.39, 0.29) is 0 Å². The van der Waals surface area contributed by atoms with Crippen molar-refractivity contribution in [1.29, 1.82) is 0 Å². The molecule has 0 aromatic heterocycles. The molecule has 1 aromatic rings. The summed E-state index contributed by atoms with van der Waals surface area (Å²) >= 11 is 0. The summed E-state index contributed by atoms with van der Waals surface area (Å²) in [6.07, 6.45) is 1.76. The van der Waals surface area contributed by atoms with Gasteiger partial charge >= 0.3 is 0 Å². The van der Waals surface area contributed by atoms with Crippen LogP contribution in [0, 0.1) is 0 Å². The Morgan fingerprint density at radius 1 is 1.20 bits per heavy atom. The van der Waals surface area contributed by atoms with Gasteiger partial charge < -0.3 is 10.4 Å². The van der Waals surface area contributed by atoms with E-state index in [9.17, 15) is 5.11 Å². The Morgan fingerprint density at radius 2 is 1.80 bits per heavy atom. The number of aliphatic hydroxyl groups is 1. The van der Waals surface area contributed by atoms with Crippen LogP contribution in [0.5, 0.6) is 0 Å². The van der Waals surface area contributed by atoms with Gasteiger partial charge in [0.15, 0.2) is 0 Å². The van der Waals surface area contributed by atoms with Crippen LogP contribution in [0.15, 0.2) is 24.3 Å². The summed E-state index contributed by atoms with van der Waals surface area (Å²) in [6, 6.07) is 8.23. The monoisotopic (exact) mass is 207 g/mol. The largest absolute Gasteiger partial charge is 0.384 e. The van der Waals surface area contributed by atoms with Gasteiger partial charge in [-0.25, -0.2) is 0 Å². The summed E-state index contributed by atoms with van der Waals surface area (Å²) in [7, 11) is 1.86. The van der Waals surface area contributed by atoms with Gasteiger partial charge in [0, 0.05) is 6.54 Å². The van der Waals surface area contributed by atoms with E-state index in [2.05, 4.69) is 24.4 Å². The molecule has 2 nitrogen and oxygen atoms in total. The maximum Gasteiger partial charge on any atom is 0.102 e. The molecule has 0 spiro atoms. The molecular formula is C13H21NO. The van der Waals surface area contributed by atoms with Crippen LogP contribution in [0.25, 0.3) is 0 Å². The zero-order valence-electron chi connectivity index (χ0n) is 9.88. The van der Waals surface area contributed by atoms with E-state index in [1.807, 2.05) is 26.1 Å². The predicted molar refractivity (Wildman–Crippen MR) is 63.9 cm³/mol. The fourth-order valence-corrected chi connectivity index (χ4v) is 1.77. The molecule has 15 heavy (non-hydrogen) atoms. The highest BCUT2D eigenvalue weighted by Crippen LogP contribution is 2.24. The zero-order valence-corrected chi connectivity index (χ0v) is 9.88. The molecule has 2 heteroatoms. The van der Waals surface area contributed by atoms with Gasteiger partial charge in [-0.3, -0.25) is 0 Å². The molecule has 0 saturated carbocycles. The molecule has 2 N–H and O–H groups in total. The van der Waals surface area contributed by atoms with Crippen molar-refractivity contribution in [2.45, 2.75) is 32.3 Å². The van der Waals surface area contributed by atoms with Crippen molar-refractivity contribution in [3.63, 3.8) is 0 Å². The second-order valence-corrected chi connectivity index (χ2v) is 3.97. The van der Waals surface area contributed by atoms with Gasteiger partial charge in [0.1, 0.15) is 5.60 Å². The first-order valence-electron chi connectivity index (χ1n) is 5.62. The van der Waals surface area contributed by atoms with Gasteiger partial charge in [-0.1, -0.05) is 38.1 Å². The molecule has 0 aliphatic carbocycles. The third-order valence-corrected chi connectivity index (χ3v) is 2.95. The number of hydrogen-bond acceptors (Lipinski definition) is 2. The SMILES string of the molecule is CCc1ccc(C(O)(CC)CNC)cc1. The normalized spacial score (nSPS) is 14.9. The minimum Gasteiger partial charge on any atom is -0.384 e. The van der Waals surface area contributed by atoms with Crippen LogP contribution < -0.4 is 5.32 Å². The Labute approximate surface area is 92.3 Å². The van der Waals surface area contributed by atoms with Crippen LogP contribution in [0.2, 0.25) is 0 Å². The van der Waals surface area contributed by atoms with E-state index in [1.165, 1.54) is 5.56 Å². The van der Waals surface area contributed by atoms with Gasteiger partial charge in [0.05, 0.1) is 0 Å². The topological polar surface area (TPSA) is 32.3 Å². The van der Waals surface area contributed by atoms with E-state index >= 15 is 0 Å². The molecule has 0 radical (unpaired) electrons. The quantitative estimate of drug-likeness (QED) is 0.774. The van der Waals surface area contributed by atoms with Crippen LogP contribution in [-0.2, 0) is 12.0 Å². The highest BCUT2D eigenvalue weighted by atomic mass is 16.3. The minimum absolute atomic E-state index is 0.592. The van der Waals surface area contributed by atoms with Crippen molar-refractivity contribution in [1.82, 2.24) is 5.32 Å². The lowest BCUT2D eigenvalue weighted by Gasteiger charge is -2.27. The van der Waals surface area contributed by atoms with Gasteiger partial charge in [-0.2, -0.15) is 0 Å². The van der Waals surface area contributed by atoms with Gasteiger partial charge in [-0.15, -0.1) is 0 Å². The number of hydrogen-bond donors (Lipinski definition) is 2. The highest BCUT2D eigenvalue weighted by molar-refractivity contribution is 5.27. The first-order valence-corrected chi connectivity index (χ1v) is 5.62. The molecule has 0 aliphatic heterocycles. The number of rotatable bonds is 5. The Balaban J connectivity index is 2.92. The molecule has 0 bridgehead atoms. The molecule has 0 fully saturated rings. The fraction of sp³-hybridized carbons (Fsp3) is 0.538. The van der Waals surface area contributed by atoms with Crippen molar-refractivity contribution in [3.05, 3.63) is 35.4 Å². The summed E-state index contributed by atoms with van der Waals surface area (Å²) in [5.41, 5.74) is 1.57. The van der Waals surface area contributed by atoms with Crippen LogP contribution in [-0.4, -0.2) is 18.7 Å². The fourth-order valence-electron chi connectivity index (χ4n) is 1.77. The van der Waals surface area contributed by atoms with E-state index in [0.29, 0.717) is 6.54 Å². The molecule has 1 aromatic carbocycles.